The number of aryl methyl sites for hydroxylation is 2. The first-order valence-corrected chi connectivity index (χ1v) is 6.40. The first kappa shape index (κ1) is 12.6. The molecule has 0 aliphatic carbocycles. The summed E-state index contributed by atoms with van der Waals surface area (Å²) >= 11 is 1.61. The third kappa shape index (κ3) is 3.56. The molecule has 2 rings (SSSR count). The highest BCUT2D eigenvalue weighted by Crippen LogP contribution is 2.08. The Kier molecular flexibility index (Phi) is 3.93. The second-order valence-electron chi connectivity index (χ2n) is 3.81. The predicted octanol–water partition coefficient (Wildman–Crippen LogP) is 2.11. The van der Waals surface area contributed by atoms with Gasteiger partial charge in [0.1, 0.15) is 5.76 Å². The minimum absolute atomic E-state index is 0.296. The molecule has 7 heteroatoms. The van der Waals surface area contributed by atoms with Gasteiger partial charge in [0, 0.05) is 24.4 Å². The van der Waals surface area contributed by atoms with E-state index in [0.717, 1.165) is 17.1 Å². The van der Waals surface area contributed by atoms with Crippen LogP contribution in [0, 0.1) is 13.8 Å². The zero-order chi connectivity index (χ0) is 13.0. The molecule has 0 atom stereocenters. The van der Waals surface area contributed by atoms with Crippen molar-refractivity contribution in [2.24, 2.45) is 0 Å². The molecule has 6 nitrogen and oxygen atoms in total. The van der Waals surface area contributed by atoms with Crippen LogP contribution >= 0.6 is 11.3 Å². The fraction of sp³-hybridized carbons (Fsp3) is 0.364. The van der Waals surface area contributed by atoms with Gasteiger partial charge in [-0.1, -0.05) is 5.16 Å². The SMILES string of the molecule is Cc1cc(NC(=O)NCCc2csc(C)n2)no1. The van der Waals surface area contributed by atoms with Crippen LogP contribution in [0.1, 0.15) is 16.5 Å². The van der Waals surface area contributed by atoms with Crippen LogP contribution in [0.5, 0.6) is 0 Å². The molecule has 0 unspecified atom stereocenters. The van der Waals surface area contributed by atoms with E-state index in [0.29, 0.717) is 18.1 Å². The molecule has 0 radical (unpaired) electrons. The summed E-state index contributed by atoms with van der Waals surface area (Å²) in [5, 5.41) is 12.0. The molecule has 0 aromatic carbocycles. The number of nitrogens with one attached hydrogen (secondary N) is 2. The smallest absolute Gasteiger partial charge is 0.320 e. The van der Waals surface area contributed by atoms with Gasteiger partial charge in [0.15, 0.2) is 5.82 Å². The second-order valence-corrected chi connectivity index (χ2v) is 4.87. The zero-order valence-corrected chi connectivity index (χ0v) is 11.0. The predicted molar refractivity (Wildman–Crippen MR) is 68.8 cm³/mol. The summed E-state index contributed by atoms with van der Waals surface area (Å²) in [5.41, 5.74) is 0.995. The number of hydrogen-bond donors (Lipinski definition) is 2. The maximum absolute atomic E-state index is 11.5. The first-order chi connectivity index (χ1) is 8.63. The largest absolute Gasteiger partial charge is 0.360 e. The Hall–Kier alpha value is -1.89. The minimum atomic E-state index is -0.296. The van der Waals surface area contributed by atoms with Crippen LogP contribution in [0.2, 0.25) is 0 Å². The molecule has 0 bridgehead atoms. The van der Waals surface area contributed by atoms with E-state index < -0.39 is 0 Å². The summed E-state index contributed by atoms with van der Waals surface area (Å²) < 4.78 is 4.84. The van der Waals surface area contributed by atoms with Crippen LogP contribution in [-0.2, 0) is 6.42 Å². The second kappa shape index (κ2) is 5.63. The normalized spacial score (nSPS) is 10.3. The summed E-state index contributed by atoms with van der Waals surface area (Å²) in [7, 11) is 0. The average molecular weight is 266 g/mol. The van der Waals surface area contributed by atoms with Gasteiger partial charge in [-0.25, -0.2) is 9.78 Å². The van der Waals surface area contributed by atoms with Crippen molar-refractivity contribution in [3.63, 3.8) is 0 Å². The molecule has 0 saturated carbocycles. The van der Waals surface area contributed by atoms with E-state index in [1.807, 2.05) is 12.3 Å². The Morgan fingerprint density at radius 3 is 2.94 bits per heavy atom. The van der Waals surface area contributed by atoms with Crippen LogP contribution < -0.4 is 10.6 Å². The maximum Gasteiger partial charge on any atom is 0.320 e. The Morgan fingerprint density at radius 2 is 2.33 bits per heavy atom. The van der Waals surface area contributed by atoms with Gasteiger partial charge in [-0.15, -0.1) is 11.3 Å². The van der Waals surface area contributed by atoms with Crippen molar-refractivity contribution >= 4 is 23.2 Å². The van der Waals surface area contributed by atoms with E-state index >= 15 is 0 Å². The number of anilines is 1. The lowest BCUT2D eigenvalue weighted by Crippen LogP contribution is -2.30. The summed E-state index contributed by atoms with van der Waals surface area (Å²) in [5.74, 6) is 1.07. The Balaban J connectivity index is 1.72. The van der Waals surface area contributed by atoms with E-state index in [9.17, 15) is 4.79 Å². The van der Waals surface area contributed by atoms with Crippen molar-refractivity contribution in [3.8, 4) is 0 Å². The van der Waals surface area contributed by atoms with Crippen LogP contribution in [0.25, 0.3) is 0 Å². The number of rotatable bonds is 4. The zero-order valence-electron chi connectivity index (χ0n) is 10.2. The van der Waals surface area contributed by atoms with Gasteiger partial charge >= 0.3 is 6.03 Å². The molecule has 0 aliphatic heterocycles. The van der Waals surface area contributed by atoms with Gasteiger partial charge in [0.25, 0.3) is 0 Å². The molecular formula is C11H14N4O2S. The third-order valence-electron chi connectivity index (χ3n) is 2.20. The topological polar surface area (TPSA) is 80.0 Å². The minimum Gasteiger partial charge on any atom is -0.360 e. The quantitative estimate of drug-likeness (QED) is 0.888. The average Bonchev–Trinajstić information content (AvgIpc) is 2.88. The number of amides is 2. The lowest BCUT2D eigenvalue weighted by atomic mass is 10.3. The van der Waals surface area contributed by atoms with E-state index in [1.54, 1.807) is 24.3 Å². The Labute approximate surface area is 108 Å². The molecule has 0 fully saturated rings. The first-order valence-electron chi connectivity index (χ1n) is 5.52. The van der Waals surface area contributed by atoms with Crippen LogP contribution in [-0.4, -0.2) is 22.7 Å². The van der Waals surface area contributed by atoms with E-state index in [4.69, 9.17) is 4.52 Å². The molecule has 2 aromatic rings. The van der Waals surface area contributed by atoms with Crippen molar-refractivity contribution in [3.05, 3.63) is 27.9 Å². The number of aromatic nitrogens is 2. The van der Waals surface area contributed by atoms with Gasteiger partial charge < -0.3 is 9.84 Å². The lowest BCUT2D eigenvalue weighted by Gasteiger charge is -2.03. The highest BCUT2D eigenvalue weighted by atomic mass is 32.1. The summed E-state index contributed by atoms with van der Waals surface area (Å²) in [4.78, 5) is 15.8. The maximum atomic E-state index is 11.5. The monoisotopic (exact) mass is 266 g/mol. The summed E-state index contributed by atoms with van der Waals surface area (Å²) in [6, 6.07) is 1.36. The Morgan fingerprint density at radius 1 is 1.50 bits per heavy atom. The fourth-order valence-electron chi connectivity index (χ4n) is 1.41. The number of carbonyl (C=O) groups excluding carboxylic acids is 1. The van der Waals surface area contributed by atoms with Crippen molar-refractivity contribution in [2.45, 2.75) is 20.3 Å². The van der Waals surface area contributed by atoms with Crippen molar-refractivity contribution in [2.75, 3.05) is 11.9 Å². The molecule has 0 aliphatic rings. The highest BCUT2D eigenvalue weighted by Gasteiger charge is 2.05. The molecular weight excluding hydrogens is 252 g/mol. The molecule has 18 heavy (non-hydrogen) atoms. The van der Waals surface area contributed by atoms with Crippen molar-refractivity contribution in [1.82, 2.24) is 15.5 Å². The molecule has 2 amide bonds. The molecule has 96 valence electrons. The van der Waals surface area contributed by atoms with Gasteiger partial charge in [0.05, 0.1) is 10.7 Å². The fourth-order valence-corrected chi connectivity index (χ4v) is 2.06. The number of thiazole rings is 1. The standard InChI is InChI=1S/C11H14N4O2S/c1-7-5-10(15-17-7)14-11(16)12-4-3-9-6-18-8(2)13-9/h5-6H,3-4H2,1-2H3,(H2,12,14,15,16). The summed E-state index contributed by atoms with van der Waals surface area (Å²) in [6.45, 7) is 4.26. The van der Waals surface area contributed by atoms with Gasteiger partial charge in [-0.05, 0) is 13.8 Å². The number of carbonyl (C=O) groups is 1. The van der Waals surface area contributed by atoms with E-state index in [-0.39, 0.29) is 6.03 Å². The molecule has 2 N–H and O–H groups in total. The summed E-state index contributed by atoms with van der Waals surface area (Å²) in [6.07, 6.45) is 0.718. The van der Waals surface area contributed by atoms with E-state index in [2.05, 4.69) is 20.8 Å². The number of nitrogens with zero attached hydrogens (tertiary/aromatic N) is 2. The van der Waals surface area contributed by atoms with Crippen LogP contribution in [0.4, 0.5) is 10.6 Å². The van der Waals surface area contributed by atoms with Gasteiger partial charge in [-0.3, -0.25) is 5.32 Å². The third-order valence-corrected chi connectivity index (χ3v) is 3.03. The lowest BCUT2D eigenvalue weighted by molar-refractivity contribution is 0.252. The molecule has 0 saturated heterocycles. The van der Waals surface area contributed by atoms with Crippen LogP contribution in [0.3, 0.4) is 0 Å². The number of urea groups is 1. The van der Waals surface area contributed by atoms with Gasteiger partial charge in [-0.2, -0.15) is 0 Å². The van der Waals surface area contributed by atoms with E-state index in [1.165, 1.54) is 0 Å². The highest BCUT2D eigenvalue weighted by molar-refractivity contribution is 7.09. The molecule has 2 aromatic heterocycles. The van der Waals surface area contributed by atoms with Crippen LogP contribution in [0.15, 0.2) is 16.0 Å². The molecule has 0 spiro atoms. The molecule has 2 heterocycles. The Bertz CT molecular complexity index is 535. The van der Waals surface area contributed by atoms with Gasteiger partial charge in [0.2, 0.25) is 0 Å². The van der Waals surface area contributed by atoms with Crippen molar-refractivity contribution < 1.29 is 9.32 Å². The number of hydrogen-bond acceptors (Lipinski definition) is 5. The van der Waals surface area contributed by atoms with Crippen molar-refractivity contribution in [1.29, 1.82) is 0 Å².